The number of rotatable bonds is 4. The minimum absolute atomic E-state index is 0.385. The topological polar surface area (TPSA) is 75.6 Å². The smallest absolute Gasteiger partial charge is 0.178 e. The van der Waals surface area contributed by atoms with Crippen LogP contribution in [0, 0.1) is 13.8 Å². The Morgan fingerprint density at radius 1 is 1.15 bits per heavy atom. The molecule has 1 saturated heterocycles. The minimum atomic E-state index is 0.385. The Morgan fingerprint density at radius 3 is 2.58 bits per heavy atom. The van der Waals surface area contributed by atoms with Crippen LogP contribution >= 0.6 is 0 Å². The number of hydrogen-bond donors (Lipinski definition) is 0. The molecule has 4 heterocycles. The molecule has 0 bridgehead atoms. The lowest BCUT2D eigenvalue weighted by molar-refractivity contribution is 0.199. The molecule has 3 aromatic rings. The van der Waals surface area contributed by atoms with Gasteiger partial charge in [-0.25, -0.2) is 0 Å². The molecule has 8 heteroatoms. The third kappa shape index (κ3) is 3.05. The monoisotopic (exact) mass is 355 g/mol. The van der Waals surface area contributed by atoms with Gasteiger partial charge in [0.2, 0.25) is 0 Å². The predicted molar refractivity (Wildman–Crippen MR) is 98.3 cm³/mol. The molecule has 0 unspecified atom stereocenters. The summed E-state index contributed by atoms with van der Waals surface area (Å²) in [5.41, 5.74) is 3.02. The molecule has 26 heavy (non-hydrogen) atoms. The third-order valence-corrected chi connectivity index (χ3v) is 5.25. The highest BCUT2D eigenvalue weighted by Gasteiger charge is 2.26. The van der Waals surface area contributed by atoms with Gasteiger partial charge in [0.25, 0.3) is 0 Å². The molecule has 0 atom stereocenters. The molecule has 4 rings (SSSR count). The summed E-state index contributed by atoms with van der Waals surface area (Å²) in [5.74, 6) is 3.19. The summed E-state index contributed by atoms with van der Waals surface area (Å²) < 4.78 is 7.19. The molecule has 1 aliphatic heterocycles. The maximum Gasteiger partial charge on any atom is 0.178 e. The molecule has 0 aliphatic carbocycles. The number of nitrogens with zero attached hydrogens (tertiary/aromatic N) is 7. The maximum atomic E-state index is 5.29. The van der Waals surface area contributed by atoms with Crippen molar-refractivity contribution < 1.29 is 4.52 Å². The van der Waals surface area contributed by atoms with Gasteiger partial charge in [-0.05, 0) is 51.9 Å². The molecule has 0 amide bonds. The highest BCUT2D eigenvalue weighted by Crippen LogP contribution is 2.28. The van der Waals surface area contributed by atoms with E-state index in [4.69, 9.17) is 9.62 Å². The summed E-state index contributed by atoms with van der Waals surface area (Å²) >= 11 is 0. The molecular weight excluding hydrogens is 330 g/mol. The van der Waals surface area contributed by atoms with Crippen molar-refractivity contribution in [3.63, 3.8) is 0 Å². The molecule has 0 aromatic carbocycles. The predicted octanol–water partition coefficient (Wildman–Crippen LogP) is 2.17. The fraction of sp³-hybridized carbons (Fsp3) is 0.556. The molecule has 0 radical (unpaired) electrons. The number of aromatic nitrogens is 5. The van der Waals surface area contributed by atoms with Crippen molar-refractivity contribution in [3.8, 4) is 0 Å². The summed E-state index contributed by atoms with van der Waals surface area (Å²) in [7, 11) is 3.98. The molecule has 3 aromatic heterocycles. The van der Waals surface area contributed by atoms with Crippen molar-refractivity contribution >= 4 is 11.5 Å². The van der Waals surface area contributed by atoms with Gasteiger partial charge in [0.15, 0.2) is 11.5 Å². The normalized spacial score (nSPS) is 16.5. The Bertz CT molecular complexity index is 886. The van der Waals surface area contributed by atoms with E-state index in [1.165, 1.54) is 5.56 Å². The maximum absolute atomic E-state index is 5.29. The lowest BCUT2D eigenvalue weighted by Gasteiger charge is -2.30. The van der Waals surface area contributed by atoms with Crippen LogP contribution in [0.4, 0.5) is 5.82 Å². The second kappa shape index (κ2) is 6.68. The van der Waals surface area contributed by atoms with Crippen LogP contribution < -0.4 is 4.90 Å². The molecule has 0 spiro atoms. The van der Waals surface area contributed by atoms with E-state index in [-0.39, 0.29) is 0 Å². The average molecular weight is 355 g/mol. The summed E-state index contributed by atoms with van der Waals surface area (Å²) in [6.45, 7) is 6.94. The lowest BCUT2D eigenvalue weighted by atomic mass is 9.95. The summed E-state index contributed by atoms with van der Waals surface area (Å²) in [4.78, 5) is 4.46. The van der Waals surface area contributed by atoms with Crippen LogP contribution in [-0.2, 0) is 6.54 Å². The van der Waals surface area contributed by atoms with Crippen LogP contribution in [0.1, 0.15) is 41.6 Å². The third-order valence-electron chi connectivity index (χ3n) is 5.25. The van der Waals surface area contributed by atoms with E-state index in [1.54, 1.807) is 0 Å². The molecule has 1 aliphatic rings. The van der Waals surface area contributed by atoms with Gasteiger partial charge in [-0.2, -0.15) is 4.52 Å². The van der Waals surface area contributed by atoms with Gasteiger partial charge in [-0.1, -0.05) is 5.16 Å². The zero-order chi connectivity index (χ0) is 18.3. The zero-order valence-corrected chi connectivity index (χ0v) is 15.8. The Labute approximate surface area is 152 Å². The first-order valence-electron chi connectivity index (χ1n) is 9.06. The van der Waals surface area contributed by atoms with Crippen LogP contribution in [0.15, 0.2) is 16.7 Å². The highest BCUT2D eigenvalue weighted by atomic mass is 16.5. The summed E-state index contributed by atoms with van der Waals surface area (Å²) in [6.07, 6.45) is 2.11. The van der Waals surface area contributed by atoms with Gasteiger partial charge >= 0.3 is 0 Å². The molecule has 8 nitrogen and oxygen atoms in total. The van der Waals surface area contributed by atoms with E-state index in [2.05, 4.69) is 20.3 Å². The molecule has 138 valence electrons. The SMILES string of the molecule is Cc1noc(C)c1CN1CCC(c2nnc3ccc(N(C)C)nn23)CC1. The number of aryl methyl sites for hydroxylation is 2. The van der Waals surface area contributed by atoms with Crippen molar-refractivity contribution in [1.29, 1.82) is 0 Å². The first-order chi connectivity index (χ1) is 12.5. The van der Waals surface area contributed by atoms with E-state index < -0.39 is 0 Å². The minimum Gasteiger partial charge on any atom is -0.361 e. The second-order valence-corrected chi connectivity index (χ2v) is 7.27. The van der Waals surface area contributed by atoms with Crippen molar-refractivity contribution in [2.45, 2.75) is 39.2 Å². The van der Waals surface area contributed by atoms with Crippen LogP contribution in [0.3, 0.4) is 0 Å². The molecular formula is C18H25N7O. The number of fused-ring (bicyclic) bond motifs is 1. The second-order valence-electron chi connectivity index (χ2n) is 7.27. The average Bonchev–Trinajstić information content (AvgIpc) is 3.20. The fourth-order valence-corrected chi connectivity index (χ4v) is 3.59. The molecule has 0 saturated carbocycles. The number of piperidine rings is 1. The quantitative estimate of drug-likeness (QED) is 0.710. The first-order valence-corrected chi connectivity index (χ1v) is 9.06. The lowest BCUT2D eigenvalue weighted by Crippen LogP contribution is -2.33. The van der Waals surface area contributed by atoms with Crippen molar-refractivity contribution in [2.24, 2.45) is 0 Å². The van der Waals surface area contributed by atoms with Gasteiger partial charge in [-0.3, -0.25) is 4.90 Å². The Balaban J connectivity index is 1.48. The highest BCUT2D eigenvalue weighted by molar-refractivity contribution is 5.45. The van der Waals surface area contributed by atoms with Crippen LogP contribution in [0.2, 0.25) is 0 Å². The zero-order valence-electron chi connectivity index (χ0n) is 15.8. The van der Waals surface area contributed by atoms with E-state index in [1.807, 2.05) is 49.5 Å². The van der Waals surface area contributed by atoms with Crippen LogP contribution in [0.5, 0.6) is 0 Å². The number of anilines is 1. The number of likely N-dealkylation sites (tertiary alicyclic amines) is 1. The van der Waals surface area contributed by atoms with Crippen molar-refractivity contribution in [2.75, 3.05) is 32.1 Å². The Morgan fingerprint density at radius 2 is 1.92 bits per heavy atom. The van der Waals surface area contributed by atoms with Gasteiger partial charge in [-0.15, -0.1) is 15.3 Å². The van der Waals surface area contributed by atoms with E-state index >= 15 is 0 Å². The molecule has 0 N–H and O–H groups in total. The van der Waals surface area contributed by atoms with E-state index in [9.17, 15) is 0 Å². The van der Waals surface area contributed by atoms with Crippen LogP contribution in [0.25, 0.3) is 5.65 Å². The summed E-state index contributed by atoms with van der Waals surface area (Å²) in [5, 5.41) is 17.5. The van der Waals surface area contributed by atoms with Crippen LogP contribution in [-0.4, -0.2) is 57.1 Å². The van der Waals surface area contributed by atoms with Gasteiger partial charge in [0.1, 0.15) is 11.6 Å². The number of hydrogen-bond acceptors (Lipinski definition) is 7. The Hall–Kier alpha value is -2.48. The standard InChI is InChI=1S/C18H25N7O/c1-12-15(13(2)26-22-12)11-24-9-7-14(8-10-24)18-20-19-16-5-6-17(23(3)4)21-25(16)18/h5-6,14H,7-11H2,1-4H3. The van der Waals surface area contributed by atoms with Gasteiger partial charge in [0, 0.05) is 32.1 Å². The fourth-order valence-electron chi connectivity index (χ4n) is 3.59. The first kappa shape index (κ1) is 17.0. The van der Waals surface area contributed by atoms with Crippen molar-refractivity contribution in [1.82, 2.24) is 29.9 Å². The van der Waals surface area contributed by atoms with E-state index in [0.29, 0.717) is 5.92 Å². The van der Waals surface area contributed by atoms with Gasteiger partial charge in [0.05, 0.1) is 5.69 Å². The van der Waals surface area contributed by atoms with E-state index in [0.717, 1.165) is 61.2 Å². The summed E-state index contributed by atoms with van der Waals surface area (Å²) in [6, 6.07) is 3.95. The Kier molecular flexibility index (Phi) is 4.36. The molecule has 1 fully saturated rings. The van der Waals surface area contributed by atoms with Crippen molar-refractivity contribution in [3.05, 3.63) is 35.0 Å². The van der Waals surface area contributed by atoms with Gasteiger partial charge < -0.3 is 9.42 Å². The largest absolute Gasteiger partial charge is 0.361 e.